The van der Waals surface area contributed by atoms with Crippen LogP contribution < -0.4 is 11.1 Å². The predicted molar refractivity (Wildman–Crippen MR) is 92.8 cm³/mol. The van der Waals surface area contributed by atoms with E-state index in [2.05, 4.69) is 29.6 Å². The summed E-state index contributed by atoms with van der Waals surface area (Å²) in [6.07, 6.45) is 0.383. The zero-order valence-corrected chi connectivity index (χ0v) is 13.4. The molecule has 1 aliphatic carbocycles. The summed E-state index contributed by atoms with van der Waals surface area (Å²) < 4.78 is 5.74. The normalized spacial score (nSPS) is 14.2. The van der Waals surface area contributed by atoms with Crippen LogP contribution in [0, 0.1) is 0 Å². The Morgan fingerprint density at radius 3 is 2.25 bits per heavy atom. The van der Waals surface area contributed by atoms with Crippen molar-refractivity contribution in [2.24, 2.45) is 5.73 Å². The fraction of sp³-hybridized carbons (Fsp3) is 0.316. The number of fused-ring (bicyclic) bond motifs is 3. The summed E-state index contributed by atoms with van der Waals surface area (Å²) >= 11 is 0. The SMILES string of the molecule is NCCC(NCOCC1c2ccccc2-c2ccccc21)C(=O)O. The van der Waals surface area contributed by atoms with E-state index in [1.807, 2.05) is 24.3 Å². The number of nitrogens with one attached hydrogen (secondary N) is 1. The second-order valence-electron chi connectivity index (χ2n) is 5.91. The lowest BCUT2D eigenvalue weighted by molar-refractivity contribution is -0.140. The molecule has 0 fully saturated rings. The summed E-state index contributed by atoms with van der Waals surface area (Å²) in [6.45, 7) is 1.03. The van der Waals surface area contributed by atoms with Gasteiger partial charge >= 0.3 is 5.97 Å². The highest BCUT2D eigenvalue weighted by Crippen LogP contribution is 2.44. The van der Waals surface area contributed by atoms with Crippen molar-refractivity contribution in [3.8, 4) is 11.1 Å². The highest BCUT2D eigenvalue weighted by atomic mass is 16.5. The number of nitrogens with two attached hydrogens (primary N) is 1. The maximum absolute atomic E-state index is 11.1. The van der Waals surface area contributed by atoms with Crippen molar-refractivity contribution in [1.29, 1.82) is 0 Å². The van der Waals surface area contributed by atoms with Crippen LogP contribution in [0.15, 0.2) is 48.5 Å². The van der Waals surface area contributed by atoms with Crippen molar-refractivity contribution in [2.45, 2.75) is 18.4 Å². The Balaban J connectivity index is 1.65. The molecule has 1 aliphatic rings. The number of carbonyl (C=O) groups is 1. The molecule has 0 aliphatic heterocycles. The summed E-state index contributed by atoms with van der Waals surface area (Å²) in [6, 6.07) is 16.0. The largest absolute Gasteiger partial charge is 0.480 e. The maximum Gasteiger partial charge on any atom is 0.320 e. The van der Waals surface area contributed by atoms with Crippen LogP contribution in [0.2, 0.25) is 0 Å². The topological polar surface area (TPSA) is 84.6 Å². The molecular weight excluding hydrogens is 304 g/mol. The molecule has 2 aromatic carbocycles. The molecule has 4 N–H and O–H groups in total. The number of carboxylic acid groups (broad SMARTS) is 1. The molecular formula is C19H22N2O3. The molecule has 126 valence electrons. The van der Waals surface area contributed by atoms with Crippen molar-refractivity contribution >= 4 is 5.97 Å². The van der Waals surface area contributed by atoms with Gasteiger partial charge in [-0.15, -0.1) is 0 Å². The van der Waals surface area contributed by atoms with Gasteiger partial charge in [-0.1, -0.05) is 48.5 Å². The quantitative estimate of drug-likeness (QED) is 0.511. The molecule has 0 amide bonds. The Morgan fingerprint density at radius 2 is 1.71 bits per heavy atom. The molecule has 0 aromatic heterocycles. The Kier molecular flexibility index (Phi) is 5.25. The highest BCUT2D eigenvalue weighted by Gasteiger charge is 2.28. The van der Waals surface area contributed by atoms with E-state index in [9.17, 15) is 4.79 Å². The van der Waals surface area contributed by atoms with Crippen molar-refractivity contribution < 1.29 is 14.6 Å². The number of hydrogen-bond acceptors (Lipinski definition) is 4. The van der Waals surface area contributed by atoms with Gasteiger partial charge in [0.25, 0.3) is 0 Å². The van der Waals surface area contributed by atoms with Crippen LogP contribution in [-0.4, -0.2) is 37.0 Å². The second kappa shape index (κ2) is 7.57. The molecule has 5 heteroatoms. The number of benzene rings is 2. The van der Waals surface area contributed by atoms with Gasteiger partial charge in [0.15, 0.2) is 0 Å². The van der Waals surface area contributed by atoms with Crippen LogP contribution in [0.4, 0.5) is 0 Å². The van der Waals surface area contributed by atoms with Crippen LogP contribution in [0.5, 0.6) is 0 Å². The van der Waals surface area contributed by atoms with E-state index < -0.39 is 12.0 Å². The number of aliphatic carboxylic acids is 1. The Hall–Kier alpha value is -2.21. The van der Waals surface area contributed by atoms with Gasteiger partial charge in [0.05, 0.1) is 13.3 Å². The molecule has 3 rings (SSSR count). The molecule has 0 spiro atoms. The van der Waals surface area contributed by atoms with Crippen molar-refractivity contribution in [2.75, 3.05) is 19.9 Å². The van der Waals surface area contributed by atoms with Gasteiger partial charge in [-0.3, -0.25) is 10.1 Å². The first kappa shape index (κ1) is 16.6. The van der Waals surface area contributed by atoms with E-state index in [1.54, 1.807) is 0 Å². The van der Waals surface area contributed by atoms with Crippen molar-refractivity contribution in [3.05, 3.63) is 59.7 Å². The van der Waals surface area contributed by atoms with Crippen molar-refractivity contribution in [3.63, 3.8) is 0 Å². The first-order valence-corrected chi connectivity index (χ1v) is 8.14. The summed E-state index contributed by atoms with van der Waals surface area (Å²) in [5, 5.41) is 12.0. The monoisotopic (exact) mass is 326 g/mol. The van der Waals surface area contributed by atoms with Crippen LogP contribution >= 0.6 is 0 Å². The minimum atomic E-state index is -0.902. The molecule has 0 bridgehead atoms. The van der Waals surface area contributed by atoms with Gasteiger partial charge in [-0.2, -0.15) is 0 Å². The summed E-state index contributed by atoms with van der Waals surface area (Å²) in [5.74, 6) is -0.724. The lowest BCUT2D eigenvalue weighted by Crippen LogP contribution is -2.39. The smallest absolute Gasteiger partial charge is 0.320 e. The zero-order valence-electron chi connectivity index (χ0n) is 13.4. The average Bonchev–Trinajstić information content (AvgIpc) is 2.92. The van der Waals surface area contributed by atoms with Crippen LogP contribution in [-0.2, 0) is 9.53 Å². The van der Waals surface area contributed by atoms with Gasteiger partial charge in [-0.25, -0.2) is 0 Å². The van der Waals surface area contributed by atoms with Gasteiger partial charge < -0.3 is 15.6 Å². The van der Waals surface area contributed by atoms with Gasteiger partial charge in [0.1, 0.15) is 6.04 Å². The van der Waals surface area contributed by atoms with Gasteiger partial charge in [0, 0.05) is 5.92 Å². The molecule has 2 aromatic rings. The number of rotatable bonds is 8. The molecule has 0 saturated carbocycles. The lowest BCUT2D eigenvalue weighted by Gasteiger charge is -2.17. The Labute approximate surface area is 141 Å². The van der Waals surface area contributed by atoms with Gasteiger partial charge in [-0.05, 0) is 35.2 Å². The third-order valence-corrected chi connectivity index (χ3v) is 4.43. The minimum absolute atomic E-state index is 0.178. The van der Waals surface area contributed by atoms with E-state index >= 15 is 0 Å². The Bertz CT molecular complexity index is 672. The molecule has 24 heavy (non-hydrogen) atoms. The van der Waals surface area contributed by atoms with Crippen LogP contribution in [0.1, 0.15) is 23.5 Å². The van der Waals surface area contributed by atoms with E-state index in [4.69, 9.17) is 15.6 Å². The van der Waals surface area contributed by atoms with Crippen LogP contribution in [0.3, 0.4) is 0 Å². The molecule has 0 heterocycles. The molecule has 1 unspecified atom stereocenters. The van der Waals surface area contributed by atoms with E-state index in [0.717, 1.165) is 0 Å². The fourth-order valence-electron chi connectivity index (χ4n) is 3.26. The number of carboxylic acids is 1. The third-order valence-electron chi connectivity index (χ3n) is 4.43. The first-order chi connectivity index (χ1) is 11.7. The third kappa shape index (κ3) is 3.33. The summed E-state index contributed by atoms with van der Waals surface area (Å²) in [7, 11) is 0. The molecule has 1 atom stereocenters. The standard InChI is InChI=1S/C19H22N2O3/c20-10-9-18(19(22)23)21-12-24-11-17-15-7-3-1-5-13(15)14-6-2-4-8-16(14)17/h1-8,17-18,21H,9-12,20H2,(H,22,23). The first-order valence-electron chi connectivity index (χ1n) is 8.14. The average molecular weight is 326 g/mol. The zero-order chi connectivity index (χ0) is 16.9. The van der Waals surface area contributed by atoms with E-state index in [-0.39, 0.29) is 12.6 Å². The fourth-order valence-corrected chi connectivity index (χ4v) is 3.26. The number of ether oxygens (including phenoxy) is 1. The maximum atomic E-state index is 11.1. The minimum Gasteiger partial charge on any atom is -0.480 e. The summed E-state index contributed by atoms with van der Waals surface area (Å²) in [5.41, 5.74) is 10.5. The van der Waals surface area contributed by atoms with E-state index in [0.29, 0.717) is 19.6 Å². The predicted octanol–water partition coefficient (Wildman–Crippen LogP) is 2.16. The van der Waals surface area contributed by atoms with Crippen molar-refractivity contribution in [1.82, 2.24) is 5.32 Å². The highest BCUT2D eigenvalue weighted by molar-refractivity contribution is 5.78. The second-order valence-corrected chi connectivity index (χ2v) is 5.91. The summed E-state index contributed by atoms with van der Waals surface area (Å²) in [4.78, 5) is 11.1. The molecule has 0 radical (unpaired) electrons. The molecule has 0 saturated heterocycles. The van der Waals surface area contributed by atoms with E-state index in [1.165, 1.54) is 22.3 Å². The molecule has 5 nitrogen and oxygen atoms in total. The van der Waals surface area contributed by atoms with Crippen LogP contribution in [0.25, 0.3) is 11.1 Å². The Morgan fingerprint density at radius 1 is 1.12 bits per heavy atom. The lowest BCUT2D eigenvalue weighted by atomic mass is 9.98. The number of hydrogen-bond donors (Lipinski definition) is 3. The van der Waals surface area contributed by atoms with Gasteiger partial charge in [0.2, 0.25) is 0 Å².